The van der Waals surface area contributed by atoms with Gasteiger partial charge in [-0.15, -0.1) is 0 Å². The first-order valence-electron chi connectivity index (χ1n) is 21.3. The van der Waals surface area contributed by atoms with E-state index in [0.29, 0.717) is 0 Å². The van der Waals surface area contributed by atoms with Gasteiger partial charge in [-0.2, -0.15) is 0 Å². The van der Waals surface area contributed by atoms with Crippen molar-refractivity contribution in [3.8, 4) is 0 Å². The highest BCUT2D eigenvalue weighted by atomic mass is 15.1. The Morgan fingerprint density at radius 2 is 0.500 bits per heavy atom. The number of anilines is 6. The van der Waals surface area contributed by atoms with Crippen LogP contribution in [-0.2, 0) is 0 Å². The summed E-state index contributed by atoms with van der Waals surface area (Å²) < 4.78 is 0. The van der Waals surface area contributed by atoms with Gasteiger partial charge in [0.15, 0.2) is 0 Å². The molecule has 0 saturated carbocycles. The fourth-order valence-corrected chi connectivity index (χ4v) is 9.06. The van der Waals surface area contributed by atoms with E-state index in [4.69, 9.17) is 0 Å². The maximum atomic E-state index is 2.40. The van der Waals surface area contributed by atoms with Crippen molar-refractivity contribution in [2.75, 3.05) is 9.80 Å². The summed E-state index contributed by atoms with van der Waals surface area (Å²) in [6, 6.07) is 83.1. The van der Waals surface area contributed by atoms with Gasteiger partial charge in [0.05, 0.1) is 11.4 Å². The molecular formula is C60H42N2. The van der Waals surface area contributed by atoms with Crippen molar-refractivity contribution >= 4 is 102 Å². The largest absolute Gasteiger partial charge is 0.310 e. The molecule has 11 aromatic rings. The Balaban J connectivity index is 1.04. The average Bonchev–Trinajstić information content (AvgIpc) is 3.35. The molecule has 11 rings (SSSR count). The van der Waals surface area contributed by atoms with Gasteiger partial charge < -0.3 is 9.80 Å². The van der Waals surface area contributed by atoms with Crippen LogP contribution in [0.3, 0.4) is 0 Å². The first kappa shape index (κ1) is 36.8. The van der Waals surface area contributed by atoms with Crippen LogP contribution in [0.5, 0.6) is 0 Å². The summed E-state index contributed by atoms with van der Waals surface area (Å²) in [6.07, 6.45) is 8.69. The van der Waals surface area contributed by atoms with Crippen molar-refractivity contribution in [2.45, 2.75) is 0 Å². The molecule has 11 aromatic carbocycles. The van der Waals surface area contributed by atoms with Crippen LogP contribution < -0.4 is 9.80 Å². The standard InChI is InChI=1S/C60H42N2/c1-5-15-43(16-6-1)27-29-45-31-35-49(36-32-45)61(47-19-9-3-10-20-47)57-41-39-53-52-24-14-26-56-58(42-40-54(60(52)56)51-23-13-25-55(57)59(51)53)62(48-21-11-4-12-22-48)50-37-33-46(34-38-50)30-28-44-17-7-2-8-18-44/h1-42H/b29-27+,30-28+. The van der Waals surface area contributed by atoms with E-state index in [-0.39, 0.29) is 0 Å². The normalized spacial score (nSPS) is 11.7. The molecule has 0 fully saturated rings. The van der Waals surface area contributed by atoms with Gasteiger partial charge in [-0.25, -0.2) is 0 Å². The fraction of sp³-hybridized carbons (Fsp3) is 0. The van der Waals surface area contributed by atoms with Gasteiger partial charge in [-0.3, -0.25) is 0 Å². The second-order valence-corrected chi connectivity index (χ2v) is 15.7. The second-order valence-electron chi connectivity index (χ2n) is 15.7. The quantitative estimate of drug-likeness (QED) is 0.0773. The van der Waals surface area contributed by atoms with Crippen molar-refractivity contribution < 1.29 is 0 Å². The lowest BCUT2D eigenvalue weighted by Gasteiger charge is -2.29. The van der Waals surface area contributed by atoms with Crippen LogP contribution >= 0.6 is 0 Å². The first-order chi connectivity index (χ1) is 30.8. The number of fused-ring (bicyclic) bond motifs is 2. The van der Waals surface area contributed by atoms with E-state index in [1.807, 2.05) is 0 Å². The van der Waals surface area contributed by atoms with E-state index in [9.17, 15) is 0 Å². The lowest BCUT2D eigenvalue weighted by molar-refractivity contribution is 1.30. The minimum atomic E-state index is 1.11. The first-order valence-corrected chi connectivity index (χ1v) is 21.3. The van der Waals surface area contributed by atoms with Crippen LogP contribution in [0.15, 0.2) is 231 Å². The molecule has 0 amide bonds. The van der Waals surface area contributed by atoms with Crippen LogP contribution in [-0.4, -0.2) is 0 Å². The molecule has 0 spiro atoms. The van der Waals surface area contributed by atoms with Crippen LogP contribution in [0.1, 0.15) is 22.3 Å². The monoisotopic (exact) mass is 790 g/mol. The van der Waals surface area contributed by atoms with Crippen molar-refractivity contribution in [3.63, 3.8) is 0 Å². The third-order valence-corrected chi connectivity index (χ3v) is 12.0. The molecule has 0 aromatic heterocycles. The average molecular weight is 791 g/mol. The van der Waals surface area contributed by atoms with Gasteiger partial charge in [0, 0.05) is 33.5 Å². The maximum Gasteiger partial charge on any atom is 0.0540 e. The molecule has 2 nitrogen and oxygen atoms in total. The molecule has 0 N–H and O–H groups in total. The summed E-state index contributed by atoms with van der Waals surface area (Å²) in [5, 5.41) is 10.0. The van der Waals surface area contributed by atoms with E-state index < -0.39 is 0 Å². The molecule has 0 saturated heterocycles. The Morgan fingerprint density at radius 3 is 0.871 bits per heavy atom. The van der Waals surface area contributed by atoms with E-state index in [0.717, 1.165) is 45.3 Å². The van der Waals surface area contributed by atoms with Gasteiger partial charge in [-0.05, 0) is 115 Å². The van der Waals surface area contributed by atoms with Crippen LogP contribution in [0, 0.1) is 0 Å². The molecule has 292 valence electrons. The van der Waals surface area contributed by atoms with Crippen molar-refractivity contribution in [3.05, 3.63) is 253 Å². The molecule has 0 atom stereocenters. The maximum absolute atomic E-state index is 2.40. The van der Waals surface area contributed by atoms with Gasteiger partial charge in [0.2, 0.25) is 0 Å². The highest BCUT2D eigenvalue weighted by Gasteiger charge is 2.22. The number of rotatable bonds is 10. The molecule has 0 unspecified atom stereocenters. The summed E-state index contributed by atoms with van der Waals surface area (Å²) in [7, 11) is 0. The summed E-state index contributed by atoms with van der Waals surface area (Å²) in [5.74, 6) is 0. The summed E-state index contributed by atoms with van der Waals surface area (Å²) in [5.41, 5.74) is 11.4. The van der Waals surface area contributed by atoms with E-state index in [1.165, 1.54) is 54.2 Å². The summed E-state index contributed by atoms with van der Waals surface area (Å²) >= 11 is 0. The fourth-order valence-electron chi connectivity index (χ4n) is 9.06. The topological polar surface area (TPSA) is 6.48 Å². The minimum Gasteiger partial charge on any atom is -0.310 e. The number of nitrogens with zero attached hydrogens (tertiary/aromatic N) is 2. The van der Waals surface area contributed by atoms with E-state index in [1.54, 1.807) is 0 Å². The van der Waals surface area contributed by atoms with Crippen molar-refractivity contribution in [2.24, 2.45) is 0 Å². The third kappa shape index (κ3) is 6.84. The Labute approximate surface area is 362 Å². The molecular weight excluding hydrogens is 749 g/mol. The molecule has 0 aliphatic rings. The molecule has 0 bridgehead atoms. The lowest BCUT2D eigenvalue weighted by atomic mass is 9.88. The SMILES string of the molecule is C(=C\c1ccc(N(c2ccccc2)c2ccc3c4cccc5c(N(c6ccccc6)c6ccc(/C=C/c7ccccc7)cc6)ccc(c6cccc2c63)c54)cc1)/c1ccccc1. The van der Waals surface area contributed by atoms with Gasteiger partial charge in [-0.1, -0.05) is 194 Å². The number of hydrogen-bond acceptors (Lipinski definition) is 2. The third-order valence-electron chi connectivity index (χ3n) is 12.0. The second kappa shape index (κ2) is 16.1. The van der Waals surface area contributed by atoms with Crippen molar-refractivity contribution in [1.82, 2.24) is 0 Å². The summed E-state index contributed by atoms with van der Waals surface area (Å²) in [6.45, 7) is 0. The van der Waals surface area contributed by atoms with Gasteiger partial charge in [0.1, 0.15) is 0 Å². The Bertz CT molecular complexity index is 3110. The molecule has 0 heterocycles. The zero-order valence-electron chi connectivity index (χ0n) is 34.1. The smallest absolute Gasteiger partial charge is 0.0540 e. The minimum absolute atomic E-state index is 1.11. The Hall–Kier alpha value is -8.20. The molecule has 62 heavy (non-hydrogen) atoms. The molecule has 0 radical (unpaired) electrons. The van der Waals surface area contributed by atoms with Gasteiger partial charge in [0.25, 0.3) is 0 Å². The predicted octanol–water partition coefficient (Wildman–Crippen LogP) is 17.0. The zero-order chi connectivity index (χ0) is 41.2. The van der Waals surface area contributed by atoms with Gasteiger partial charge >= 0.3 is 0 Å². The van der Waals surface area contributed by atoms with E-state index >= 15 is 0 Å². The number of para-hydroxylation sites is 2. The number of hydrogen-bond donors (Lipinski definition) is 0. The van der Waals surface area contributed by atoms with Crippen molar-refractivity contribution in [1.29, 1.82) is 0 Å². The van der Waals surface area contributed by atoms with E-state index in [2.05, 4.69) is 265 Å². The number of benzene rings is 11. The molecule has 0 aliphatic heterocycles. The molecule has 2 heteroatoms. The highest BCUT2D eigenvalue weighted by molar-refractivity contribution is 6.35. The van der Waals surface area contributed by atoms with Crippen LogP contribution in [0.4, 0.5) is 34.1 Å². The lowest BCUT2D eigenvalue weighted by Crippen LogP contribution is -2.11. The summed E-state index contributed by atoms with van der Waals surface area (Å²) in [4.78, 5) is 4.79. The highest BCUT2D eigenvalue weighted by Crippen LogP contribution is 2.48. The Morgan fingerprint density at radius 1 is 0.210 bits per heavy atom. The zero-order valence-corrected chi connectivity index (χ0v) is 34.1. The van der Waals surface area contributed by atoms with Crippen LogP contribution in [0.2, 0.25) is 0 Å². The molecule has 0 aliphatic carbocycles. The predicted molar refractivity (Wildman–Crippen MR) is 268 cm³/mol. The van der Waals surface area contributed by atoms with Crippen LogP contribution in [0.25, 0.3) is 67.4 Å². The Kier molecular flexibility index (Phi) is 9.57.